The highest BCUT2D eigenvalue weighted by molar-refractivity contribution is 5.66. The van der Waals surface area contributed by atoms with E-state index < -0.39 is 5.97 Å². The molecule has 72 valence electrons. The number of nitrogens with one attached hydrogen (secondary N) is 1. The summed E-state index contributed by atoms with van der Waals surface area (Å²) in [5.74, 6) is -0.718. The molecule has 0 bridgehead atoms. The van der Waals surface area contributed by atoms with E-state index in [0.717, 1.165) is 17.8 Å². The molecule has 0 amide bonds. The largest absolute Gasteiger partial charge is 0.481 e. The first-order valence-corrected chi connectivity index (χ1v) is 4.46. The number of carboxylic acids is 1. The maximum absolute atomic E-state index is 10.3. The first-order chi connectivity index (χ1) is 6.09. The van der Waals surface area contributed by atoms with Crippen LogP contribution in [0.5, 0.6) is 0 Å². The molecule has 0 atom stereocenters. The molecule has 0 unspecified atom stereocenters. The molecule has 0 spiro atoms. The fourth-order valence-electron chi connectivity index (χ4n) is 1.47. The van der Waals surface area contributed by atoms with Gasteiger partial charge >= 0.3 is 5.97 Å². The average molecular weight is 181 g/mol. The molecule has 0 radical (unpaired) electrons. The highest BCUT2D eigenvalue weighted by atomic mass is 16.4. The molecule has 0 aromatic carbocycles. The lowest BCUT2D eigenvalue weighted by atomic mass is 10.1. The van der Waals surface area contributed by atoms with Gasteiger partial charge in [-0.3, -0.25) is 4.79 Å². The summed E-state index contributed by atoms with van der Waals surface area (Å²) in [4.78, 5) is 13.5. The van der Waals surface area contributed by atoms with Crippen LogP contribution in [0.1, 0.15) is 29.8 Å². The summed E-state index contributed by atoms with van der Waals surface area (Å²) in [5.41, 5.74) is 3.53. The van der Waals surface area contributed by atoms with Gasteiger partial charge in [-0.2, -0.15) is 0 Å². The molecule has 3 nitrogen and oxygen atoms in total. The molecule has 1 rings (SSSR count). The van der Waals surface area contributed by atoms with Gasteiger partial charge in [0.15, 0.2) is 0 Å². The zero-order valence-electron chi connectivity index (χ0n) is 8.05. The summed E-state index contributed by atoms with van der Waals surface area (Å²) in [7, 11) is 0. The number of hydrogen-bond acceptors (Lipinski definition) is 1. The summed E-state index contributed by atoms with van der Waals surface area (Å²) in [6.45, 7) is 4.02. The molecule has 0 saturated carbocycles. The molecule has 0 aliphatic rings. The predicted octanol–water partition coefficient (Wildman–Crippen LogP) is 2.04. The third-order valence-corrected chi connectivity index (χ3v) is 2.09. The number of aromatic amines is 1. The zero-order valence-corrected chi connectivity index (χ0v) is 8.05. The molecule has 1 aromatic rings. The van der Waals surface area contributed by atoms with Gasteiger partial charge in [0.1, 0.15) is 0 Å². The number of carboxylic acid groups (broad SMARTS) is 1. The zero-order chi connectivity index (χ0) is 9.84. The van der Waals surface area contributed by atoms with Crippen LogP contribution < -0.4 is 0 Å². The van der Waals surface area contributed by atoms with Crippen molar-refractivity contribution in [3.05, 3.63) is 23.0 Å². The second-order valence-corrected chi connectivity index (χ2v) is 3.35. The van der Waals surface area contributed by atoms with Crippen LogP contribution >= 0.6 is 0 Å². The van der Waals surface area contributed by atoms with Crippen LogP contribution in [-0.2, 0) is 11.2 Å². The van der Waals surface area contributed by atoms with Gasteiger partial charge in [0.2, 0.25) is 0 Å². The maximum atomic E-state index is 10.3. The van der Waals surface area contributed by atoms with Crippen molar-refractivity contribution in [2.24, 2.45) is 0 Å². The Bertz CT molecular complexity index is 302. The van der Waals surface area contributed by atoms with Crippen LogP contribution in [0.3, 0.4) is 0 Å². The van der Waals surface area contributed by atoms with Crippen LogP contribution in [-0.4, -0.2) is 16.1 Å². The van der Waals surface area contributed by atoms with Crippen LogP contribution in [0.2, 0.25) is 0 Å². The summed E-state index contributed by atoms with van der Waals surface area (Å²) in [5, 5.41) is 8.46. The minimum absolute atomic E-state index is 0.254. The minimum atomic E-state index is -0.718. The molecule has 13 heavy (non-hydrogen) atoms. The second kappa shape index (κ2) is 4.12. The molecule has 0 aliphatic carbocycles. The van der Waals surface area contributed by atoms with Gasteiger partial charge in [-0.25, -0.2) is 0 Å². The number of aryl methyl sites for hydroxylation is 3. The fourth-order valence-corrected chi connectivity index (χ4v) is 1.47. The van der Waals surface area contributed by atoms with Gasteiger partial charge in [0, 0.05) is 17.8 Å². The molecule has 1 heterocycles. The van der Waals surface area contributed by atoms with E-state index >= 15 is 0 Å². The number of H-pyrrole nitrogens is 1. The Hall–Kier alpha value is -1.25. The molecule has 0 fully saturated rings. The first kappa shape index (κ1) is 9.84. The van der Waals surface area contributed by atoms with Crippen molar-refractivity contribution in [2.75, 3.05) is 0 Å². The monoisotopic (exact) mass is 181 g/mol. The van der Waals surface area contributed by atoms with E-state index in [-0.39, 0.29) is 6.42 Å². The van der Waals surface area contributed by atoms with Crippen molar-refractivity contribution in [1.82, 2.24) is 4.98 Å². The standard InChI is InChI=1S/C10H15NO2/c1-7-6-9(8(2)11-7)4-3-5-10(12)13/h6,11H,3-5H2,1-2H3,(H,12,13). The maximum Gasteiger partial charge on any atom is 0.303 e. The second-order valence-electron chi connectivity index (χ2n) is 3.35. The third-order valence-electron chi connectivity index (χ3n) is 2.09. The van der Waals surface area contributed by atoms with E-state index in [4.69, 9.17) is 5.11 Å². The Morgan fingerprint density at radius 2 is 2.23 bits per heavy atom. The smallest absolute Gasteiger partial charge is 0.303 e. The van der Waals surface area contributed by atoms with Gasteiger partial charge in [-0.05, 0) is 38.3 Å². The molecular weight excluding hydrogens is 166 g/mol. The lowest BCUT2D eigenvalue weighted by Crippen LogP contribution is -1.95. The summed E-state index contributed by atoms with van der Waals surface area (Å²) >= 11 is 0. The van der Waals surface area contributed by atoms with Crippen molar-refractivity contribution in [1.29, 1.82) is 0 Å². The van der Waals surface area contributed by atoms with E-state index in [1.54, 1.807) is 0 Å². The first-order valence-electron chi connectivity index (χ1n) is 4.46. The molecular formula is C10H15NO2. The molecule has 0 aliphatic heterocycles. The number of carbonyl (C=O) groups is 1. The Labute approximate surface area is 77.8 Å². The van der Waals surface area contributed by atoms with E-state index in [0.29, 0.717) is 6.42 Å². The minimum Gasteiger partial charge on any atom is -0.481 e. The number of aromatic nitrogens is 1. The Morgan fingerprint density at radius 1 is 1.54 bits per heavy atom. The molecule has 0 saturated heterocycles. The lowest BCUT2D eigenvalue weighted by molar-refractivity contribution is -0.137. The van der Waals surface area contributed by atoms with Crippen molar-refractivity contribution in [3.63, 3.8) is 0 Å². The number of hydrogen-bond donors (Lipinski definition) is 2. The quantitative estimate of drug-likeness (QED) is 0.746. The van der Waals surface area contributed by atoms with Crippen LogP contribution in [0, 0.1) is 13.8 Å². The van der Waals surface area contributed by atoms with E-state index in [2.05, 4.69) is 11.1 Å². The van der Waals surface area contributed by atoms with Gasteiger partial charge < -0.3 is 10.1 Å². The Morgan fingerprint density at radius 3 is 2.69 bits per heavy atom. The van der Waals surface area contributed by atoms with Crippen LogP contribution in [0.15, 0.2) is 6.07 Å². The van der Waals surface area contributed by atoms with Gasteiger partial charge in [-0.15, -0.1) is 0 Å². The van der Waals surface area contributed by atoms with Crippen molar-refractivity contribution >= 4 is 5.97 Å². The van der Waals surface area contributed by atoms with Crippen molar-refractivity contribution < 1.29 is 9.90 Å². The highest BCUT2D eigenvalue weighted by Gasteiger charge is 2.03. The number of aliphatic carboxylic acids is 1. The fraction of sp³-hybridized carbons (Fsp3) is 0.500. The Kier molecular flexibility index (Phi) is 3.12. The third kappa shape index (κ3) is 2.93. The lowest BCUT2D eigenvalue weighted by Gasteiger charge is -1.96. The van der Waals surface area contributed by atoms with Crippen molar-refractivity contribution in [2.45, 2.75) is 33.1 Å². The van der Waals surface area contributed by atoms with E-state index in [1.807, 2.05) is 13.8 Å². The topological polar surface area (TPSA) is 53.1 Å². The van der Waals surface area contributed by atoms with E-state index in [9.17, 15) is 4.79 Å². The Balaban J connectivity index is 2.45. The molecule has 2 N–H and O–H groups in total. The van der Waals surface area contributed by atoms with Gasteiger partial charge in [-0.1, -0.05) is 0 Å². The van der Waals surface area contributed by atoms with E-state index in [1.165, 1.54) is 5.56 Å². The molecule has 1 aromatic heterocycles. The normalized spacial score (nSPS) is 10.3. The summed E-state index contributed by atoms with van der Waals surface area (Å²) in [6.07, 6.45) is 1.82. The summed E-state index contributed by atoms with van der Waals surface area (Å²) in [6, 6.07) is 2.08. The molecule has 3 heteroatoms. The van der Waals surface area contributed by atoms with Crippen LogP contribution in [0.4, 0.5) is 0 Å². The van der Waals surface area contributed by atoms with Crippen molar-refractivity contribution in [3.8, 4) is 0 Å². The van der Waals surface area contributed by atoms with Crippen LogP contribution in [0.25, 0.3) is 0 Å². The average Bonchev–Trinajstić information content (AvgIpc) is 2.29. The van der Waals surface area contributed by atoms with Gasteiger partial charge in [0.25, 0.3) is 0 Å². The predicted molar refractivity (Wildman–Crippen MR) is 50.8 cm³/mol. The SMILES string of the molecule is Cc1cc(CCCC(=O)O)c(C)[nH]1. The number of rotatable bonds is 4. The summed E-state index contributed by atoms with van der Waals surface area (Å²) < 4.78 is 0. The highest BCUT2D eigenvalue weighted by Crippen LogP contribution is 2.12. The van der Waals surface area contributed by atoms with Gasteiger partial charge in [0.05, 0.1) is 0 Å².